The van der Waals surface area contributed by atoms with Gasteiger partial charge >= 0.3 is 0 Å². The summed E-state index contributed by atoms with van der Waals surface area (Å²) in [4.78, 5) is 0. The van der Waals surface area contributed by atoms with E-state index in [0.29, 0.717) is 13.2 Å². The Balaban J connectivity index is 2.21. The van der Waals surface area contributed by atoms with Crippen LogP contribution in [0.5, 0.6) is 0 Å². The number of unbranched alkanes of at least 4 members (excludes halogenated alkanes) is 2. The fourth-order valence-corrected chi connectivity index (χ4v) is 1.56. The quantitative estimate of drug-likeness (QED) is 0.567. The van der Waals surface area contributed by atoms with Gasteiger partial charge in [0.1, 0.15) is 0 Å². The van der Waals surface area contributed by atoms with Crippen LogP contribution in [-0.2, 0) is 16.1 Å². The molecule has 4 radical (unpaired) electrons. The van der Waals surface area contributed by atoms with Gasteiger partial charge in [-0.2, -0.15) is 0 Å². The van der Waals surface area contributed by atoms with Crippen molar-refractivity contribution in [2.24, 2.45) is 0 Å². The van der Waals surface area contributed by atoms with Gasteiger partial charge in [-0.25, -0.2) is 0 Å². The standard InChI is InChI=1S/C16H22O4/c17-10-6-2-5-9-16(20-12-11-18)14-19-13-15-7-3-1-4-8-15/h1-9,16-18H,10-14H2/t16-/m0/s1. The summed E-state index contributed by atoms with van der Waals surface area (Å²) in [6.45, 7) is 1.21. The molecule has 4 heteroatoms. The van der Waals surface area contributed by atoms with Crippen molar-refractivity contribution in [2.75, 3.05) is 26.4 Å². The van der Waals surface area contributed by atoms with Gasteiger partial charge in [-0.05, 0) is 31.2 Å². The molecule has 0 aliphatic rings. The molecule has 0 saturated carbocycles. The summed E-state index contributed by atoms with van der Waals surface area (Å²) in [5.41, 5.74) is 1.11. The number of rotatable bonds is 12. The third-order valence-corrected chi connectivity index (χ3v) is 2.50. The van der Waals surface area contributed by atoms with Gasteiger partial charge in [0.25, 0.3) is 0 Å². The van der Waals surface area contributed by atoms with Gasteiger partial charge < -0.3 is 19.7 Å². The predicted molar refractivity (Wildman–Crippen MR) is 77.2 cm³/mol. The zero-order valence-electron chi connectivity index (χ0n) is 11.5. The van der Waals surface area contributed by atoms with E-state index in [0.717, 1.165) is 5.56 Å². The van der Waals surface area contributed by atoms with E-state index in [1.165, 1.54) is 0 Å². The van der Waals surface area contributed by atoms with Gasteiger partial charge in [-0.15, -0.1) is 0 Å². The topological polar surface area (TPSA) is 58.9 Å². The van der Waals surface area contributed by atoms with Crippen LogP contribution in [0.4, 0.5) is 0 Å². The zero-order valence-corrected chi connectivity index (χ0v) is 11.5. The van der Waals surface area contributed by atoms with E-state index in [2.05, 4.69) is 0 Å². The zero-order chi connectivity index (χ0) is 14.5. The van der Waals surface area contributed by atoms with Crippen LogP contribution in [0.2, 0.25) is 0 Å². The summed E-state index contributed by atoms with van der Waals surface area (Å²) in [5, 5.41) is 17.4. The van der Waals surface area contributed by atoms with Crippen LogP contribution in [0.15, 0.2) is 30.3 Å². The summed E-state index contributed by atoms with van der Waals surface area (Å²) in [7, 11) is 0. The van der Waals surface area contributed by atoms with Crippen LogP contribution in [0, 0.1) is 25.7 Å². The number of aliphatic hydroxyl groups is 2. The molecule has 0 aromatic heterocycles. The molecular weight excluding hydrogens is 256 g/mol. The number of hydrogen-bond donors (Lipinski definition) is 2. The molecule has 0 saturated heterocycles. The van der Waals surface area contributed by atoms with Gasteiger partial charge in [0.2, 0.25) is 0 Å². The van der Waals surface area contributed by atoms with Crippen molar-refractivity contribution in [1.29, 1.82) is 0 Å². The largest absolute Gasteiger partial charge is 0.396 e. The summed E-state index contributed by atoms with van der Waals surface area (Å²) < 4.78 is 11.1. The first kappa shape index (κ1) is 17.1. The molecule has 0 unspecified atom stereocenters. The first-order chi connectivity index (χ1) is 9.86. The lowest BCUT2D eigenvalue weighted by molar-refractivity contribution is -0.0154. The monoisotopic (exact) mass is 278 g/mol. The molecule has 1 atom stereocenters. The van der Waals surface area contributed by atoms with Crippen LogP contribution in [0.25, 0.3) is 0 Å². The summed E-state index contributed by atoms with van der Waals surface area (Å²) >= 11 is 0. The molecule has 0 bridgehead atoms. The maximum Gasteiger partial charge on any atom is 0.0844 e. The van der Waals surface area contributed by atoms with Gasteiger partial charge in [-0.3, -0.25) is 0 Å². The Hall–Kier alpha value is -0.940. The Kier molecular flexibility index (Phi) is 10.1. The highest BCUT2D eigenvalue weighted by Crippen LogP contribution is 2.07. The second-order valence-corrected chi connectivity index (χ2v) is 4.13. The smallest absolute Gasteiger partial charge is 0.0844 e. The first-order valence-corrected chi connectivity index (χ1v) is 6.65. The van der Waals surface area contributed by atoms with Crippen LogP contribution in [0.3, 0.4) is 0 Å². The van der Waals surface area contributed by atoms with E-state index in [9.17, 15) is 0 Å². The molecule has 0 fully saturated rings. The first-order valence-electron chi connectivity index (χ1n) is 6.65. The van der Waals surface area contributed by atoms with Crippen molar-refractivity contribution < 1.29 is 19.7 Å². The van der Waals surface area contributed by atoms with E-state index in [1.54, 1.807) is 19.3 Å². The minimum atomic E-state index is -0.214. The van der Waals surface area contributed by atoms with Crippen molar-refractivity contribution in [2.45, 2.75) is 12.7 Å². The Bertz CT molecular complexity index is 316. The van der Waals surface area contributed by atoms with Gasteiger partial charge in [0.05, 0.1) is 32.5 Å². The average molecular weight is 278 g/mol. The lowest BCUT2D eigenvalue weighted by Crippen LogP contribution is -2.22. The molecule has 2 N–H and O–H groups in total. The van der Waals surface area contributed by atoms with Crippen molar-refractivity contribution in [3.63, 3.8) is 0 Å². The van der Waals surface area contributed by atoms with Gasteiger partial charge in [-0.1, -0.05) is 30.3 Å². The van der Waals surface area contributed by atoms with Crippen LogP contribution < -0.4 is 0 Å². The van der Waals surface area contributed by atoms with Crippen LogP contribution >= 0.6 is 0 Å². The molecule has 1 aromatic carbocycles. The maximum atomic E-state index is 8.79. The molecule has 0 aliphatic carbocycles. The Morgan fingerprint density at radius 2 is 1.90 bits per heavy atom. The molecule has 20 heavy (non-hydrogen) atoms. The van der Waals surface area contributed by atoms with Gasteiger partial charge in [0, 0.05) is 6.61 Å². The highest BCUT2D eigenvalue weighted by atomic mass is 16.5. The summed E-state index contributed by atoms with van der Waals surface area (Å²) in [6, 6.07) is 9.91. The number of ether oxygens (including phenoxy) is 2. The number of aliphatic hydroxyl groups excluding tert-OH is 2. The molecule has 0 heterocycles. The normalized spacial score (nSPS) is 12.5. The Labute approximate surface area is 121 Å². The molecule has 4 nitrogen and oxygen atoms in total. The van der Waals surface area contributed by atoms with Gasteiger partial charge in [0.15, 0.2) is 0 Å². The highest BCUT2D eigenvalue weighted by molar-refractivity contribution is 5.13. The average Bonchev–Trinajstić information content (AvgIpc) is 2.49. The molecule has 0 spiro atoms. The van der Waals surface area contributed by atoms with Crippen LogP contribution in [0.1, 0.15) is 5.56 Å². The van der Waals surface area contributed by atoms with E-state index in [-0.39, 0.29) is 25.9 Å². The third-order valence-electron chi connectivity index (χ3n) is 2.50. The third kappa shape index (κ3) is 8.27. The van der Waals surface area contributed by atoms with Crippen molar-refractivity contribution >= 4 is 0 Å². The minimum Gasteiger partial charge on any atom is -0.396 e. The fourth-order valence-electron chi connectivity index (χ4n) is 1.56. The molecular formula is C16H22O4. The van der Waals surface area contributed by atoms with E-state index >= 15 is 0 Å². The second-order valence-electron chi connectivity index (χ2n) is 4.13. The van der Waals surface area contributed by atoms with Crippen molar-refractivity contribution in [1.82, 2.24) is 0 Å². The number of benzene rings is 1. The SMILES string of the molecule is OC[CH][CH][CH][CH][C@@H](COCc1ccccc1)OCCO. The second kappa shape index (κ2) is 11.9. The Morgan fingerprint density at radius 1 is 1.10 bits per heavy atom. The lowest BCUT2D eigenvalue weighted by Gasteiger charge is -2.17. The molecule has 1 aromatic rings. The molecule has 0 amide bonds. The minimum absolute atomic E-state index is 0.0109. The van der Waals surface area contributed by atoms with Crippen molar-refractivity contribution in [3.8, 4) is 0 Å². The van der Waals surface area contributed by atoms with Crippen LogP contribution in [-0.4, -0.2) is 42.7 Å². The summed E-state index contributed by atoms with van der Waals surface area (Å²) in [6.07, 6.45) is 6.79. The van der Waals surface area contributed by atoms with E-state index in [4.69, 9.17) is 19.7 Å². The van der Waals surface area contributed by atoms with E-state index < -0.39 is 0 Å². The molecule has 110 valence electrons. The molecule has 1 rings (SSSR count). The predicted octanol–water partition coefficient (Wildman–Crippen LogP) is 1.39. The molecule has 0 aliphatic heterocycles. The van der Waals surface area contributed by atoms with E-state index in [1.807, 2.05) is 36.8 Å². The van der Waals surface area contributed by atoms with Crippen molar-refractivity contribution in [3.05, 3.63) is 61.6 Å². The number of hydrogen-bond acceptors (Lipinski definition) is 4. The lowest BCUT2D eigenvalue weighted by atomic mass is 10.1. The Morgan fingerprint density at radius 3 is 2.60 bits per heavy atom. The maximum absolute atomic E-state index is 8.79. The summed E-state index contributed by atoms with van der Waals surface area (Å²) in [5.74, 6) is 0. The highest BCUT2D eigenvalue weighted by Gasteiger charge is 2.10. The fraction of sp³-hybridized carbons (Fsp3) is 0.375.